The molecule has 0 fully saturated rings. The van der Waals surface area contributed by atoms with E-state index in [1.807, 2.05) is 38.1 Å². The number of fused-ring (bicyclic) bond motifs is 2. The van der Waals surface area contributed by atoms with Crippen molar-refractivity contribution < 1.29 is 23.7 Å². The van der Waals surface area contributed by atoms with Crippen LogP contribution in [0.3, 0.4) is 0 Å². The summed E-state index contributed by atoms with van der Waals surface area (Å²) in [7, 11) is -1.56. The number of aryl methyl sites for hydroxylation is 2. The Kier molecular flexibility index (Phi) is 6.63. The van der Waals surface area contributed by atoms with Gasteiger partial charge in [-0.05, 0) is 54.3 Å². The van der Waals surface area contributed by atoms with Gasteiger partial charge in [-0.15, -0.1) is 15.9 Å². The zero-order valence-electron chi connectivity index (χ0n) is 20.8. The molecular formula is C26H29N5O5S. The molecule has 11 heteroatoms. The highest BCUT2D eigenvalue weighted by atomic mass is 32.3. The van der Waals surface area contributed by atoms with Crippen LogP contribution in [-0.4, -0.2) is 57.1 Å². The maximum absolute atomic E-state index is 11.8. The van der Waals surface area contributed by atoms with Gasteiger partial charge in [0.25, 0.3) is 0 Å². The van der Waals surface area contributed by atoms with Crippen LogP contribution in [-0.2, 0) is 18.4 Å². The number of hydrogen-bond acceptors (Lipinski definition) is 8. The average molecular weight is 524 g/mol. The fourth-order valence-corrected chi connectivity index (χ4v) is 6.38. The lowest BCUT2D eigenvalue weighted by molar-refractivity contribution is -0.137. The number of aromatic nitrogens is 4. The monoisotopic (exact) mass is 523 g/mol. The Hall–Kier alpha value is -3.51. The molecule has 2 aromatic heterocycles. The predicted octanol–water partition coefficient (Wildman–Crippen LogP) is 4.59. The standard InChI is InChI=1S/C26H29N5O5S/c1-16-8-9-18(21(12-25(32)33)19-11-22-26(27-13-19)30(3)29-28-22)10-20(16)15-31-14-17(2)36-23-6-4-5-7-24(23)37(31,34)35/h4-11,13,17,21,34-35H,12,14-15H2,1-3H3,(H,32,33). The highest BCUT2D eigenvalue weighted by Gasteiger charge is 2.34. The van der Waals surface area contributed by atoms with E-state index in [0.29, 0.717) is 28.4 Å². The summed E-state index contributed by atoms with van der Waals surface area (Å²) in [4.78, 5) is 16.6. The number of carboxylic acid groups (broad SMARTS) is 1. The third kappa shape index (κ3) is 4.90. The maximum atomic E-state index is 11.8. The van der Waals surface area contributed by atoms with Crippen LogP contribution in [0.15, 0.2) is 59.6 Å². The third-order valence-electron chi connectivity index (χ3n) is 6.66. The van der Waals surface area contributed by atoms with E-state index in [-0.39, 0.29) is 19.1 Å². The molecule has 37 heavy (non-hydrogen) atoms. The van der Waals surface area contributed by atoms with E-state index < -0.39 is 22.7 Å². The molecule has 0 bridgehead atoms. The van der Waals surface area contributed by atoms with Crippen LogP contribution < -0.4 is 4.74 Å². The number of pyridine rings is 1. The Morgan fingerprint density at radius 1 is 1.19 bits per heavy atom. The summed E-state index contributed by atoms with van der Waals surface area (Å²) in [6, 6.07) is 14.6. The van der Waals surface area contributed by atoms with Crippen LogP contribution in [0.1, 0.15) is 41.5 Å². The van der Waals surface area contributed by atoms with E-state index in [2.05, 4.69) is 15.3 Å². The highest BCUT2D eigenvalue weighted by Crippen LogP contribution is 2.57. The van der Waals surface area contributed by atoms with Gasteiger partial charge in [-0.1, -0.05) is 35.5 Å². The predicted molar refractivity (Wildman–Crippen MR) is 140 cm³/mol. The van der Waals surface area contributed by atoms with Gasteiger partial charge in [0.1, 0.15) is 22.3 Å². The Morgan fingerprint density at radius 3 is 2.76 bits per heavy atom. The van der Waals surface area contributed by atoms with Gasteiger partial charge < -0.3 is 9.84 Å². The molecule has 0 aliphatic carbocycles. The van der Waals surface area contributed by atoms with E-state index in [4.69, 9.17) is 4.74 Å². The van der Waals surface area contributed by atoms with E-state index in [1.165, 1.54) is 0 Å². The van der Waals surface area contributed by atoms with Gasteiger partial charge in [0.2, 0.25) is 0 Å². The number of hydrogen-bond donors (Lipinski definition) is 3. The summed E-state index contributed by atoms with van der Waals surface area (Å²) in [6.07, 6.45) is 1.27. The molecule has 3 N–H and O–H groups in total. The molecule has 3 heterocycles. The molecular weight excluding hydrogens is 494 g/mol. The molecule has 1 aliphatic heterocycles. The average Bonchev–Trinajstić information content (AvgIpc) is 3.19. The number of nitrogens with zero attached hydrogens (tertiary/aromatic N) is 5. The minimum Gasteiger partial charge on any atom is -0.487 e. The smallest absolute Gasteiger partial charge is 0.304 e. The van der Waals surface area contributed by atoms with Gasteiger partial charge in [-0.2, -0.15) is 4.31 Å². The Bertz CT molecular complexity index is 1470. The molecule has 0 spiro atoms. The van der Waals surface area contributed by atoms with Gasteiger partial charge in [-0.3, -0.25) is 13.9 Å². The van der Waals surface area contributed by atoms with Crippen LogP contribution in [0.2, 0.25) is 0 Å². The number of carboxylic acids is 1. The minimum absolute atomic E-state index is 0.132. The molecule has 1 aliphatic rings. The van der Waals surface area contributed by atoms with Gasteiger partial charge in [0, 0.05) is 25.7 Å². The highest BCUT2D eigenvalue weighted by molar-refractivity contribution is 8.22. The van der Waals surface area contributed by atoms with E-state index in [9.17, 15) is 19.0 Å². The Morgan fingerprint density at radius 2 is 1.97 bits per heavy atom. The number of aliphatic carboxylic acids is 1. The summed E-state index contributed by atoms with van der Waals surface area (Å²) in [6.45, 7) is 4.42. The first-order chi connectivity index (χ1) is 17.6. The molecule has 0 radical (unpaired) electrons. The summed E-state index contributed by atoms with van der Waals surface area (Å²) in [5.41, 5.74) is 4.55. The van der Waals surface area contributed by atoms with Crippen molar-refractivity contribution in [2.45, 2.75) is 43.7 Å². The second-order valence-electron chi connectivity index (χ2n) is 9.38. The van der Waals surface area contributed by atoms with Crippen molar-refractivity contribution >= 4 is 27.9 Å². The van der Waals surface area contributed by atoms with Crippen LogP contribution in [0, 0.1) is 6.92 Å². The van der Waals surface area contributed by atoms with Crippen LogP contribution >= 0.6 is 10.8 Å². The van der Waals surface area contributed by atoms with Crippen LogP contribution in [0.25, 0.3) is 11.2 Å². The SMILES string of the molecule is Cc1ccc(C(CC(=O)O)c2cnc3c(c2)nnn3C)cc1CN1CC(C)Oc2ccccc2S1(O)O. The number of carbonyl (C=O) groups is 1. The fraction of sp³-hybridized carbons (Fsp3) is 0.308. The van der Waals surface area contributed by atoms with Crippen molar-refractivity contribution in [1.29, 1.82) is 0 Å². The summed E-state index contributed by atoms with van der Waals surface area (Å²) >= 11 is 0. The first kappa shape index (κ1) is 25.2. The molecule has 5 rings (SSSR count). The van der Waals surface area contributed by atoms with Gasteiger partial charge in [0.15, 0.2) is 5.65 Å². The van der Waals surface area contributed by atoms with Crippen molar-refractivity contribution in [2.24, 2.45) is 7.05 Å². The first-order valence-corrected chi connectivity index (χ1v) is 13.4. The molecule has 2 atom stereocenters. The summed E-state index contributed by atoms with van der Waals surface area (Å²) in [5, 5.41) is 17.8. The van der Waals surface area contributed by atoms with E-state index >= 15 is 0 Å². The fourth-order valence-electron chi connectivity index (χ4n) is 4.72. The number of rotatable bonds is 6. The largest absolute Gasteiger partial charge is 0.487 e. The molecule has 0 saturated carbocycles. The van der Waals surface area contributed by atoms with E-state index in [1.54, 1.807) is 46.5 Å². The minimum atomic E-state index is -3.31. The maximum Gasteiger partial charge on any atom is 0.304 e. The lowest BCUT2D eigenvalue weighted by atomic mass is 9.87. The lowest BCUT2D eigenvalue weighted by Gasteiger charge is -2.42. The van der Waals surface area contributed by atoms with Gasteiger partial charge in [-0.25, -0.2) is 9.67 Å². The van der Waals surface area contributed by atoms with E-state index in [0.717, 1.165) is 22.3 Å². The quantitative estimate of drug-likeness (QED) is 0.332. The summed E-state index contributed by atoms with van der Waals surface area (Å²) < 4.78 is 31.8. The molecule has 0 amide bonds. The van der Waals surface area contributed by atoms with Crippen LogP contribution in [0.4, 0.5) is 0 Å². The van der Waals surface area contributed by atoms with Crippen molar-refractivity contribution in [3.63, 3.8) is 0 Å². The lowest BCUT2D eigenvalue weighted by Crippen LogP contribution is -2.33. The van der Waals surface area contributed by atoms with Gasteiger partial charge >= 0.3 is 5.97 Å². The molecule has 2 unspecified atom stereocenters. The number of ether oxygens (including phenoxy) is 1. The Labute approximate surface area is 216 Å². The number of benzene rings is 2. The Balaban J connectivity index is 1.52. The molecule has 0 saturated heterocycles. The zero-order chi connectivity index (χ0) is 26.3. The van der Waals surface area contributed by atoms with Crippen LogP contribution in [0.5, 0.6) is 5.75 Å². The van der Waals surface area contributed by atoms with Crippen molar-refractivity contribution in [2.75, 3.05) is 6.54 Å². The molecule has 10 nitrogen and oxygen atoms in total. The topological polar surface area (TPSA) is 134 Å². The molecule has 2 aromatic carbocycles. The third-order valence-corrected chi connectivity index (χ3v) is 8.58. The summed E-state index contributed by atoms with van der Waals surface area (Å²) in [5.74, 6) is -0.935. The number of para-hydroxylation sites is 1. The van der Waals surface area contributed by atoms with Crippen molar-refractivity contribution in [3.05, 3.63) is 77.0 Å². The second kappa shape index (κ2) is 9.75. The first-order valence-electron chi connectivity index (χ1n) is 11.9. The molecule has 194 valence electrons. The van der Waals surface area contributed by atoms with Gasteiger partial charge in [0.05, 0.1) is 13.0 Å². The van der Waals surface area contributed by atoms with Crippen molar-refractivity contribution in [3.8, 4) is 5.75 Å². The second-order valence-corrected chi connectivity index (χ2v) is 11.4. The van der Waals surface area contributed by atoms with Crippen molar-refractivity contribution in [1.82, 2.24) is 24.3 Å². The normalized spacial score (nSPS) is 19.0. The molecule has 4 aromatic rings. The zero-order valence-corrected chi connectivity index (χ0v) is 21.6.